The average Bonchev–Trinajstić information content (AvgIpc) is 3.39. The van der Waals surface area contributed by atoms with Crippen molar-refractivity contribution in [2.45, 2.75) is 13.0 Å². The van der Waals surface area contributed by atoms with E-state index in [1.807, 2.05) is 18.2 Å². The van der Waals surface area contributed by atoms with Crippen molar-refractivity contribution in [3.63, 3.8) is 0 Å². The van der Waals surface area contributed by atoms with Gasteiger partial charge in [-0.2, -0.15) is 4.98 Å². The fourth-order valence-electron chi connectivity index (χ4n) is 4.20. The molecule has 1 aliphatic rings. The third-order valence-electron chi connectivity index (χ3n) is 5.98. The minimum Gasteiger partial charge on any atom is -0.497 e. The molecule has 1 unspecified atom stereocenters. The van der Waals surface area contributed by atoms with E-state index < -0.39 is 6.04 Å². The number of rotatable bonds is 6. The number of carbonyl (C=O) groups excluding carboxylic acids is 1. The first-order valence-electron chi connectivity index (χ1n) is 11.2. The monoisotopic (exact) mass is 486 g/mol. The maximum atomic E-state index is 13.7. The number of aromatic nitrogens is 2. The van der Waals surface area contributed by atoms with Gasteiger partial charge in [0, 0.05) is 17.3 Å². The summed E-state index contributed by atoms with van der Waals surface area (Å²) in [5.41, 5.74) is 3.16. The third-order valence-corrected chi connectivity index (χ3v) is 5.98. The molecule has 1 atom stereocenters. The van der Waals surface area contributed by atoms with E-state index in [1.54, 1.807) is 63.6 Å². The molecule has 2 heterocycles. The van der Waals surface area contributed by atoms with Crippen molar-refractivity contribution in [1.82, 2.24) is 15.5 Å². The predicted octanol–water partition coefficient (Wildman–Crippen LogP) is 5.60. The lowest BCUT2D eigenvalue weighted by Crippen LogP contribution is -2.46. The van der Waals surface area contributed by atoms with Crippen LogP contribution in [0.4, 0.5) is 14.9 Å². The molecule has 0 spiro atoms. The number of ether oxygens (including phenoxy) is 2. The second-order valence-corrected chi connectivity index (χ2v) is 8.13. The maximum Gasteiger partial charge on any atom is 0.327 e. The van der Waals surface area contributed by atoms with E-state index in [9.17, 15) is 9.18 Å². The number of urea groups is 1. The number of halogens is 1. The summed E-state index contributed by atoms with van der Waals surface area (Å²) in [7, 11) is 3.15. The average molecular weight is 487 g/mol. The summed E-state index contributed by atoms with van der Waals surface area (Å²) >= 11 is 0. The Hall–Kier alpha value is -4.66. The van der Waals surface area contributed by atoms with E-state index >= 15 is 0 Å². The summed E-state index contributed by atoms with van der Waals surface area (Å²) in [6, 6.07) is 19.4. The van der Waals surface area contributed by atoms with Gasteiger partial charge in [-0.1, -0.05) is 35.5 Å². The van der Waals surface area contributed by atoms with Crippen LogP contribution in [0.3, 0.4) is 0 Å². The minimum absolute atomic E-state index is 0.229. The van der Waals surface area contributed by atoms with E-state index in [0.29, 0.717) is 45.4 Å². The first-order valence-corrected chi connectivity index (χ1v) is 11.2. The lowest BCUT2D eigenvalue weighted by molar-refractivity contribution is 0.244. The highest BCUT2D eigenvalue weighted by Gasteiger charge is 2.36. The zero-order valence-corrected chi connectivity index (χ0v) is 19.9. The Bertz CT molecular complexity index is 1450. The van der Waals surface area contributed by atoms with Crippen molar-refractivity contribution in [3.05, 3.63) is 95.8 Å². The number of hydrogen-bond acceptors (Lipinski definition) is 6. The molecule has 0 bridgehead atoms. The smallest absolute Gasteiger partial charge is 0.327 e. The molecule has 1 N–H and O–H groups in total. The molecule has 9 heteroatoms. The Kier molecular flexibility index (Phi) is 6.12. The number of nitrogens with zero attached hydrogens (tertiary/aromatic N) is 3. The number of carbonyl (C=O) groups is 1. The summed E-state index contributed by atoms with van der Waals surface area (Å²) < 4.78 is 30.0. The topological polar surface area (TPSA) is 89.7 Å². The highest BCUT2D eigenvalue weighted by atomic mass is 19.1. The van der Waals surface area contributed by atoms with E-state index in [0.717, 1.165) is 0 Å². The van der Waals surface area contributed by atoms with Gasteiger partial charge in [-0.3, -0.25) is 4.90 Å². The van der Waals surface area contributed by atoms with Crippen LogP contribution < -0.4 is 19.7 Å². The number of methoxy groups -OCH3 is 2. The van der Waals surface area contributed by atoms with E-state index in [1.165, 1.54) is 17.0 Å². The van der Waals surface area contributed by atoms with Crippen LogP contribution in [-0.2, 0) is 0 Å². The number of hydrogen-bond donors (Lipinski definition) is 1. The molecule has 1 aromatic heterocycles. The molecular weight excluding hydrogens is 463 g/mol. The van der Waals surface area contributed by atoms with Crippen LogP contribution in [0, 0.1) is 5.82 Å². The summed E-state index contributed by atoms with van der Waals surface area (Å²) in [5.74, 6) is 1.49. The molecule has 2 amide bonds. The van der Waals surface area contributed by atoms with Gasteiger partial charge in [0.25, 0.3) is 5.89 Å². The molecule has 1 aliphatic heterocycles. The van der Waals surface area contributed by atoms with E-state index in [2.05, 4.69) is 15.5 Å². The Labute approximate surface area is 207 Å². The first kappa shape index (κ1) is 23.1. The summed E-state index contributed by atoms with van der Waals surface area (Å²) in [4.78, 5) is 19.5. The highest BCUT2D eigenvalue weighted by Crippen LogP contribution is 2.39. The lowest BCUT2D eigenvalue weighted by Gasteiger charge is -2.35. The van der Waals surface area contributed by atoms with Gasteiger partial charge < -0.3 is 19.3 Å². The Balaban J connectivity index is 1.65. The normalized spacial score (nSPS) is 15.6. The molecule has 182 valence electrons. The number of allylic oxidation sites excluding steroid dienone is 1. The number of amides is 2. The molecule has 0 fully saturated rings. The number of benzene rings is 3. The third kappa shape index (κ3) is 4.26. The van der Waals surface area contributed by atoms with Crippen molar-refractivity contribution in [2.75, 3.05) is 19.1 Å². The van der Waals surface area contributed by atoms with Crippen molar-refractivity contribution in [3.8, 4) is 22.9 Å². The van der Waals surface area contributed by atoms with Crippen LogP contribution in [-0.4, -0.2) is 30.4 Å². The zero-order chi connectivity index (χ0) is 25.2. The molecule has 0 saturated heterocycles. The van der Waals surface area contributed by atoms with Gasteiger partial charge in [-0.15, -0.1) is 0 Å². The molecule has 5 rings (SSSR count). The minimum atomic E-state index is -0.640. The SMILES string of the molecule is COc1cccc(-c2noc(C3=C(C)N(c4cccc(OC)c4)C(=O)NC3c3ccc(F)cc3)n2)c1. The van der Waals surface area contributed by atoms with Crippen molar-refractivity contribution < 1.29 is 23.2 Å². The molecule has 8 nitrogen and oxygen atoms in total. The van der Waals surface area contributed by atoms with Crippen molar-refractivity contribution >= 4 is 17.3 Å². The van der Waals surface area contributed by atoms with Crippen LogP contribution in [0.1, 0.15) is 24.4 Å². The lowest BCUT2D eigenvalue weighted by atomic mass is 9.94. The first-order chi connectivity index (χ1) is 17.5. The van der Waals surface area contributed by atoms with Crippen LogP contribution >= 0.6 is 0 Å². The molecular formula is C27H23FN4O4. The van der Waals surface area contributed by atoms with Gasteiger partial charge in [0.2, 0.25) is 5.82 Å². The number of anilines is 1. The summed E-state index contributed by atoms with van der Waals surface area (Å²) in [6.07, 6.45) is 0. The fraction of sp³-hybridized carbons (Fsp3) is 0.148. The number of nitrogens with one attached hydrogen (secondary N) is 1. The van der Waals surface area contributed by atoms with Gasteiger partial charge in [0.05, 0.1) is 31.5 Å². The second-order valence-electron chi connectivity index (χ2n) is 8.13. The quantitative estimate of drug-likeness (QED) is 0.382. The van der Waals surface area contributed by atoms with Crippen LogP contribution in [0.2, 0.25) is 0 Å². The van der Waals surface area contributed by atoms with Gasteiger partial charge in [0.15, 0.2) is 0 Å². The second kappa shape index (κ2) is 9.53. The Morgan fingerprint density at radius 3 is 2.39 bits per heavy atom. The largest absolute Gasteiger partial charge is 0.497 e. The molecule has 0 radical (unpaired) electrons. The van der Waals surface area contributed by atoms with Gasteiger partial charge in [0.1, 0.15) is 17.3 Å². The van der Waals surface area contributed by atoms with Crippen molar-refractivity contribution in [1.29, 1.82) is 0 Å². The predicted molar refractivity (Wildman–Crippen MR) is 132 cm³/mol. The van der Waals surface area contributed by atoms with Gasteiger partial charge >= 0.3 is 6.03 Å². The molecule has 3 aromatic carbocycles. The van der Waals surface area contributed by atoms with Crippen LogP contribution in [0.5, 0.6) is 11.5 Å². The van der Waals surface area contributed by atoms with E-state index in [-0.39, 0.29) is 17.7 Å². The molecule has 4 aromatic rings. The maximum absolute atomic E-state index is 13.7. The molecule has 0 saturated carbocycles. The Morgan fingerprint density at radius 2 is 1.67 bits per heavy atom. The van der Waals surface area contributed by atoms with Gasteiger partial charge in [-0.05, 0) is 48.9 Å². The molecule has 36 heavy (non-hydrogen) atoms. The fourth-order valence-corrected chi connectivity index (χ4v) is 4.20. The van der Waals surface area contributed by atoms with Crippen LogP contribution in [0.15, 0.2) is 83.0 Å². The standard InChI is InChI=1S/C27H23FN4O4/c1-16-23(26-30-25(31-36-26)18-6-4-8-21(14-18)34-2)24(17-10-12-19(28)13-11-17)29-27(33)32(16)20-7-5-9-22(15-20)35-3/h4-15,24H,1-3H3,(H,29,33). The summed E-state index contributed by atoms with van der Waals surface area (Å²) in [6.45, 7) is 1.81. The van der Waals surface area contributed by atoms with Gasteiger partial charge in [-0.25, -0.2) is 9.18 Å². The van der Waals surface area contributed by atoms with Crippen molar-refractivity contribution in [2.24, 2.45) is 0 Å². The van der Waals surface area contributed by atoms with Crippen LogP contribution in [0.25, 0.3) is 17.0 Å². The highest BCUT2D eigenvalue weighted by molar-refractivity contribution is 6.01. The van der Waals surface area contributed by atoms with E-state index in [4.69, 9.17) is 14.0 Å². The zero-order valence-electron chi connectivity index (χ0n) is 19.9. The summed E-state index contributed by atoms with van der Waals surface area (Å²) in [5, 5.41) is 7.17. The Morgan fingerprint density at radius 1 is 0.972 bits per heavy atom. The molecule has 0 aliphatic carbocycles.